The lowest BCUT2D eigenvalue weighted by Gasteiger charge is -2.16. The van der Waals surface area contributed by atoms with Gasteiger partial charge in [-0.2, -0.15) is 0 Å². The number of carbonyl (C=O) groups is 1. The molecule has 0 aromatic carbocycles. The Balaban J connectivity index is 2.11. The third-order valence-electron chi connectivity index (χ3n) is 4.55. The number of methoxy groups -OCH3 is 1. The van der Waals surface area contributed by atoms with Crippen molar-refractivity contribution in [3.05, 3.63) is 23.3 Å². The number of ether oxygens (including phenoxy) is 3. The monoisotopic (exact) mass is 366 g/mol. The normalized spacial score (nSPS) is 23.5. The van der Waals surface area contributed by atoms with Crippen LogP contribution in [0.5, 0.6) is 0 Å². The average molecular weight is 366 g/mol. The molecule has 2 unspecified atom stereocenters. The van der Waals surface area contributed by atoms with Gasteiger partial charge in [0.15, 0.2) is 5.79 Å². The molecule has 2 heterocycles. The minimum Gasteiger partial charge on any atom is -0.469 e. The lowest BCUT2D eigenvalue weighted by atomic mass is 10.1. The van der Waals surface area contributed by atoms with E-state index in [-0.39, 0.29) is 18.2 Å². The summed E-state index contributed by atoms with van der Waals surface area (Å²) >= 11 is 0. The Morgan fingerprint density at radius 1 is 1.46 bits per heavy atom. The Labute approximate surface area is 155 Å². The Hall–Kier alpha value is -1.70. The lowest BCUT2D eigenvalue weighted by Crippen LogP contribution is -2.21. The Bertz CT molecular complexity index is 663. The highest BCUT2D eigenvalue weighted by atomic mass is 16.7. The number of carbonyl (C=O) groups excluding carboxylic acids is 1. The molecule has 0 radical (unpaired) electrons. The van der Waals surface area contributed by atoms with Crippen LogP contribution in [0.4, 0.5) is 0 Å². The lowest BCUT2D eigenvalue weighted by molar-refractivity contribution is -0.144. The minimum absolute atomic E-state index is 0.147. The van der Waals surface area contributed by atoms with Crippen LogP contribution in [0.2, 0.25) is 0 Å². The highest BCUT2D eigenvalue weighted by Gasteiger charge is 2.39. The molecule has 1 aromatic rings. The zero-order chi connectivity index (χ0) is 19.5. The number of esters is 1. The first-order valence-electron chi connectivity index (χ1n) is 8.96. The topological polar surface area (TPSA) is 82.8 Å². The first kappa shape index (κ1) is 20.6. The second-order valence-electron chi connectivity index (χ2n) is 7.13. The van der Waals surface area contributed by atoms with Crippen molar-refractivity contribution in [2.45, 2.75) is 71.1 Å². The number of rotatable bonds is 7. The largest absolute Gasteiger partial charge is 0.469 e. The summed E-state index contributed by atoms with van der Waals surface area (Å²) in [6, 6.07) is 0. The van der Waals surface area contributed by atoms with Crippen molar-refractivity contribution in [2.75, 3.05) is 7.11 Å². The Morgan fingerprint density at radius 3 is 2.77 bits per heavy atom. The summed E-state index contributed by atoms with van der Waals surface area (Å²) in [5.41, 5.74) is 1.49. The van der Waals surface area contributed by atoms with Gasteiger partial charge in [-0.3, -0.25) is 4.79 Å². The fraction of sp³-hybridized carbons (Fsp3) is 0.684. The molecule has 0 bridgehead atoms. The molecule has 7 nitrogen and oxygen atoms in total. The number of aromatic nitrogens is 2. The molecular weight excluding hydrogens is 336 g/mol. The fourth-order valence-electron chi connectivity index (χ4n) is 3.25. The van der Waals surface area contributed by atoms with Crippen molar-refractivity contribution in [1.82, 2.24) is 9.55 Å². The van der Waals surface area contributed by atoms with Gasteiger partial charge in [0.05, 0.1) is 30.7 Å². The van der Waals surface area contributed by atoms with Gasteiger partial charge < -0.3 is 23.9 Å². The first-order valence-corrected chi connectivity index (χ1v) is 8.96. The number of nitrogens with zero attached hydrogens (tertiary/aromatic N) is 2. The van der Waals surface area contributed by atoms with Crippen LogP contribution in [-0.4, -0.2) is 45.7 Å². The first-order chi connectivity index (χ1) is 12.1. The van der Waals surface area contributed by atoms with E-state index in [1.54, 1.807) is 6.92 Å². The van der Waals surface area contributed by atoms with Gasteiger partial charge in [-0.25, -0.2) is 4.98 Å². The molecule has 1 aromatic heterocycles. The van der Waals surface area contributed by atoms with Gasteiger partial charge in [0.1, 0.15) is 11.9 Å². The van der Waals surface area contributed by atoms with Gasteiger partial charge in [-0.05, 0) is 46.6 Å². The van der Waals surface area contributed by atoms with Crippen LogP contribution in [-0.2, 0) is 26.1 Å². The summed E-state index contributed by atoms with van der Waals surface area (Å²) in [6.45, 7) is 7.37. The molecular formula is C19H30N2O5. The fourth-order valence-corrected chi connectivity index (χ4v) is 3.25. The molecule has 1 aliphatic heterocycles. The molecule has 1 saturated heterocycles. The molecule has 146 valence electrons. The summed E-state index contributed by atoms with van der Waals surface area (Å²) in [7, 11) is 3.27. The molecule has 1 N–H and O–H groups in total. The zero-order valence-electron chi connectivity index (χ0n) is 16.5. The third kappa shape index (κ3) is 4.93. The van der Waals surface area contributed by atoms with E-state index in [4.69, 9.17) is 9.47 Å². The van der Waals surface area contributed by atoms with Crippen LogP contribution in [0.15, 0.2) is 6.08 Å². The SMILES string of the molecule is COC(=O)CCCC1OC(C)(C)OC1/C=C/c1nc(C)n(C)c1[C@H](C)O. The van der Waals surface area contributed by atoms with Crippen molar-refractivity contribution in [2.24, 2.45) is 7.05 Å². The second kappa shape index (κ2) is 8.33. The van der Waals surface area contributed by atoms with E-state index in [0.717, 1.165) is 17.2 Å². The zero-order valence-corrected chi connectivity index (χ0v) is 16.5. The summed E-state index contributed by atoms with van der Waals surface area (Å²) in [4.78, 5) is 15.8. The van der Waals surface area contributed by atoms with Crippen LogP contribution in [0.1, 0.15) is 63.3 Å². The van der Waals surface area contributed by atoms with Crippen molar-refractivity contribution >= 4 is 12.0 Å². The van der Waals surface area contributed by atoms with Crippen molar-refractivity contribution < 1.29 is 24.1 Å². The highest BCUT2D eigenvalue weighted by Crippen LogP contribution is 2.32. The number of hydrogen-bond donors (Lipinski definition) is 1. The van der Waals surface area contributed by atoms with E-state index in [9.17, 15) is 9.90 Å². The minimum atomic E-state index is -0.682. The number of aliphatic hydroxyl groups excluding tert-OH is 1. The van der Waals surface area contributed by atoms with Gasteiger partial charge in [-0.15, -0.1) is 0 Å². The summed E-state index contributed by atoms with van der Waals surface area (Å²) < 4.78 is 18.5. The average Bonchev–Trinajstić information content (AvgIpc) is 3.00. The van der Waals surface area contributed by atoms with E-state index >= 15 is 0 Å². The van der Waals surface area contributed by atoms with Crippen molar-refractivity contribution in [3.63, 3.8) is 0 Å². The molecule has 1 aliphatic rings. The maximum Gasteiger partial charge on any atom is 0.305 e. The van der Waals surface area contributed by atoms with E-state index in [1.165, 1.54) is 7.11 Å². The molecule has 26 heavy (non-hydrogen) atoms. The van der Waals surface area contributed by atoms with E-state index < -0.39 is 11.9 Å². The smallest absolute Gasteiger partial charge is 0.305 e. The van der Waals surface area contributed by atoms with Crippen LogP contribution >= 0.6 is 0 Å². The summed E-state index contributed by atoms with van der Waals surface area (Å²) in [5, 5.41) is 10.0. The predicted molar refractivity (Wildman–Crippen MR) is 97.3 cm³/mol. The van der Waals surface area contributed by atoms with Gasteiger partial charge in [0.25, 0.3) is 0 Å². The van der Waals surface area contributed by atoms with Crippen LogP contribution in [0.3, 0.4) is 0 Å². The number of aryl methyl sites for hydroxylation is 1. The Kier molecular flexibility index (Phi) is 6.60. The molecule has 2 rings (SSSR count). The van der Waals surface area contributed by atoms with Crippen molar-refractivity contribution in [3.8, 4) is 0 Å². The molecule has 0 amide bonds. The maximum atomic E-state index is 11.3. The Morgan fingerprint density at radius 2 is 2.15 bits per heavy atom. The molecule has 0 spiro atoms. The highest BCUT2D eigenvalue weighted by molar-refractivity contribution is 5.69. The number of aliphatic hydroxyl groups is 1. The third-order valence-corrected chi connectivity index (χ3v) is 4.55. The molecule has 7 heteroatoms. The van der Waals surface area contributed by atoms with E-state index in [2.05, 4.69) is 9.72 Å². The van der Waals surface area contributed by atoms with Gasteiger partial charge >= 0.3 is 5.97 Å². The standard InChI is InChI=1S/C19H30N2O5/c1-12(22)18-14(20-13(2)21(18)5)10-11-16-15(25-19(3,4)26-16)8-7-9-17(23)24-6/h10-12,15-16,22H,7-9H2,1-6H3/b11-10+/t12-,15?,16?/m0/s1. The quantitative estimate of drug-likeness (QED) is 0.747. The van der Waals surface area contributed by atoms with Crippen LogP contribution in [0.25, 0.3) is 6.08 Å². The van der Waals surface area contributed by atoms with Gasteiger partial charge in [0.2, 0.25) is 0 Å². The second-order valence-corrected chi connectivity index (χ2v) is 7.13. The van der Waals surface area contributed by atoms with E-state index in [1.807, 2.05) is 44.5 Å². The predicted octanol–water partition coefficient (Wildman–Crippen LogP) is 2.66. The molecule has 0 saturated carbocycles. The summed E-state index contributed by atoms with van der Waals surface area (Å²) in [6.07, 6.45) is 4.51. The van der Waals surface area contributed by atoms with Gasteiger partial charge in [0, 0.05) is 13.5 Å². The molecule has 0 aliphatic carbocycles. The number of hydrogen-bond acceptors (Lipinski definition) is 6. The van der Waals surface area contributed by atoms with Crippen LogP contribution < -0.4 is 0 Å². The molecule has 3 atom stereocenters. The summed E-state index contributed by atoms with van der Waals surface area (Å²) in [5.74, 6) is -0.0714. The molecule has 1 fully saturated rings. The van der Waals surface area contributed by atoms with Crippen molar-refractivity contribution in [1.29, 1.82) is 0 Å². The van der Waals surface area contributed by atoms with Gasteiger partial charge in [-0.1, -0.05) is 6.08 Å². The maximum absolute atomic E-state index is 11.3. The van der Waals surface area contributed by atoms with Crippen LogP contribution in [0, 0.1) is 6.92 Å². The number of imidazole rings is 1. The van der Waals surface area contributed by atoms with E-state index in [0.29, 0.717) is 19.3 Å².